The Hall–Kier alpha value is -0.170. The monoisotopic (exact) mass is 277 g/mol. The highest BCUT2D eigenvalue weighted by Crippen LogP contribution is 2.09. The van der Waals surface area contributed by atoms with Gasteiger partial charge >= 0.3 is 0 Å². The summed E-state index contributed by atoms with van der Waals surface area (Å²) in [7, 11) is 0.727. The molecular formula is C12H27N3O2S. The predicted octanol–water partition coefficient (Wildman–Crippen LogP) is 0.244. The average Bonchev–Trinajstić information content (AvgIpc) is 2.67. The molecule has 0 saturated carbocycles. The first-order chi connectivity index (χ1) is 8.30. The highest BCUT2D eigenvalue weighted by Gasteiger charge is 2.26. The molecule has 1 aliphatic rings. The number of rotatable bonds is 7. The SMILES string of the molecule is CC(C)C(CN(C)C)NS(=O)(=O)CC1CCCN1. The largest absolute Gasteiger partial charge is 0.313 e. The van der Waals surface area contributed by atoms with E-state index < -0.39 is 10.0 Å². The number of nitrogens with zero attached hydrogens (tertiary/aromatic N) is 1. The van der Waals surface area contributed by atoms with Gasteiger partial charge in [-0.3, -0.25) is 0 Å². The Morgan fingerprint density at radius 2 is 2.06 bits per heavy atom. The van der Waals surface area contributed by atoms with Crippen LogP contribution in [0.15, 0.2) is 0 Å². The van der Waals surface area contributed by atoms with E-state index in [1.165, 1.54) is 0 Å². The van der Waals surface area contributed by atoms with Gasteiger partial charge in [0.05, 0.1) is 5.75 Å². The van der Waals surface area contributed by atoms with Crippen molar-refractivity contribution in [2.24, 2.45) is 5.92 Å². The first kappa shape index (κ1) is 15.9. The maximum atomic E-state index is 12.1. The van der Waals surface area contributed by atoms with Crippen LogP contribution in [-0.2, 0) is 10.0 Å². The van der Waals surface area contributed by atoms with Gasteiger partial charge in [-0.05, 0) is 39.4 Å². The molecule has 1 saturated heterocycles. The van der Waals surface area contributed by atoms with E-state index in [9.17, 15) is 8.42 Å². The van der Waals surface area contributed by atoms with Crippen LogP contribution in [0.2, 0.25) is 0 Å². The van der Waals surface area contributed by atoms with E-state index in [2.05, 4.69) is 10.0 Å². The van der Waals surface area contributed by atoms with Gasteiger partial charge in [0.2, 0.25) is 10.0 Å². The Morgan fingerprint density at radius 1 is 1.39 bits per heavy atom. The minimum absolute atomic E-state index is 0.0218. The lowest BCUT2D eigenvalue weighted by atomic mass is 10.1. The molecule has 0 aromatic carbocycles. The molecule has 2 atom stereocenters. The van der Waals surface area contributed by atoms with E-state index >= 15 is 0 Å². The average molecular weight is 277 g/mol. The minimum Gasteiger partial charge on any atom is -0.313 e. The van der Waals surface area contributed by atoms with Gasteiger partial charge in [-0.1, -0.05) is 13.8 Å². The second kappa shape index (κ2) is 6.84. The Balaban J connectivity index is 2.54. The van der Waals surface area contributed by atoms with Crippen molar-refractivity contribution in [3.63, 3.8) is 0 Å². The number of hydrogen-bond acceptors (Lipinski definition) is 4. The first-order valence-corrected chi connectivity index (χ1v) is 8.33. The smallest absolute Gasteiger partial charge is 0.213 e. The second-order valence-corrected chi connectivity index (χ2v) is 7.60. The molecule has 0 aliphatic carbocycles. The summed E-state index contributed by atoms with van der Waals surface area (Å²) in [6.07, 6.45) is 2.03. The van der Waals surface area contributed by atoms with Crippen LogP contribution in [0.1, 0.15) is 26.7 Å². The highest BCUT2D eigenvalue weighted by atomic mass is 32.2. The topological polar surface area (TPSA) is 61.4 Å². The summed E-state index contributed by atoms with van der Waals surface area (Å²) in [5.74, 6) is 0.489. The summed E-state index contributed by atoms with van der Waals surface area (Å²) in [6.45, 7) is 5.76. The molecule has 6 heteroatoms. The van der Waals surface area contributed by atoms with E-state index in [-0.39, 0.29) is 17.8 Å². The lowest BCUT2D eigenvalue weighted by Gasteiger charge is -2.26. The van der Waals surface area contributed by atoms with Crippen LogP contribution in [0, 0.1) is 5.92 Å². The quantitative estimate of drug-likeness (QED) is 0.700. The fourth-order valence-electron chi connectivity index (χ4n) is 2.22. The fourth-order valence-corrected chi connectivity index (χ4v) is 3.94. The van der Waals surface area contributed by atoms with E-state index in [1.807, 2.05) is 32.8 Å². The van der Waals surface area contributed by atoms with Crippen LogP contribution >= 0.6 is 0 Å². The van der Waals surface area contributed by atoms with Crippen LogP contribution in [0.4, 0.5) is 0 Å². The standard InChI is InChI=1S/C12H27N3O2S/c1-10(2)12(8-15(3)4)14-18(16,17)9-11-6-5-7-13-11/h10-14H,5-9H2,1-4H3. The second-order valence-electron chi connectivity index (χ2n) is 5.81. The molecule has 0 spiro atoms. The number of likely N-dealkylation sites (N-methyl/N-ethyl adjacent to an activating group) is 1. The third kappa shape index (κ3) is 5.65. The molecule has 108 valence electrons. The molecule has 1 aliphatic heterocycles. The van der Waals surface area contributed by atoms with Gasteiger partial charge in [-0.15, -0.1) is 0 Å². The zero-order valence-electron chi connectivity index (χ0n) is 11.9. The number of sulfonamides is 1. The highest BCUT2D eigenvalue weighted by molar-refractivity contribution is 7.89. The van der Waals surface area contributed by atoms with E-state index in [0.29, 0.717) is 5.92 Å². The van der Waals surface area contributed by atoms with E-state index in [0.717, 1.165) is 25.9 Å². The third-order valence-electron chi connectivity index (χ3n) is 3.28. The maximum absolute atomic E-state index is 12.1. The van der Waals surface area contributed by atoms with Crippen molar-refractivity contribution in [1.29, 1.82) is 0 Å². The fraction of sp³-hybridized carbons (Fsp3) is 1.00. The van der Waals surface area contributed by atoms with E-state index in [4.69, 9.17) is 0 Å². The molecule has 1 fully saturated rings. The van der Waals surface area contributed by atoms with Crippen molar-refractivity contribution in [3.8, 4) is 0 Å². The molecule has 1 rings (SSSR count). The molecule has 5 nitrogen and oxygen atoms in total. The van der Waals surface area contributed by atoms with Crippen LogP contribution in [-0.4, -0.2) is 58.3 Å². The van der Waals surface area contributed by atoms with Crippen molar-refractivity contribution in [3.05, 3.63) is 0 Å². The Labute approximate surface area is 111 Å². The summed E-state index contributed by atoms with van der Waals surface area (Å²) in [6, 6.07) is 0.0982. The summed E-state index contributed by atoms with van der Waals surface area (Å²) in [5, 5.41) is 3.23. The summed E-state index contributed by atoms with van der Waals surface area (Å²) < 4.78 is 27.1. The minimum atomic E-state index is -3.19. The van der Waals surface area contributed by atoms with Gasteiger partial charge in [-0.2, -0.15) is 0 Å². The van der Waals surface area contributed by atoms with Crippen LogP contribution in [0.5, 0.6) is 0 Å². The first-order valence-electron chi connectivity index (χ1n) is 6.68. The molecular weight excluding hydrogens is 250 g/mol. The Morgan fingerprint density at radius 3 is 2.50 bits per heavy atom. The normalized spacial score (nSPS) is 22.9. The van der Waals surface area contributed by atoms with Crippen molar-refractivity contribution >= 4 is 10.0 Å². The van der Waals surface area contributed by atoms with Gasteiger partial charge in [-0.25, -0.2) is 13.1 Å². The maximum Gasteiger partial charge on any atom is 0.213 e. The van der Waals surface area contributed by atoms with Gasteiger partial charge in [0.15, 0.2) is 0 Å². The summed E-state index contributed by atoms with van der Waals surface area (Å²) in [5.41, 5.74) is 0. The molecule has 0 aromatic heterocycles. The summed E-state index contributed by atoms with van der Waals surface area (Å²) in [4.78, 5) is 2.01. The number of nitrogens with one attached hydrogen (secondary N) is 2. The lowest BCUT2D eigenvalue weighted by Crippen LogP contribution is -2.47. The van der Waals surface area contributed by atoms with Crippen LogP contribution in [0.3, 0.4) is 0 Å². The molecule has 2 N–H and O–H groups in total. The van der Waals surface area contributed by atoms with E-state index in [1.54, 1.807) is 0 Å². The van der Waals surface area contributed by atoms with Crippen molar-refractivity contribution in [2.75, 3.05) is 32.9 Å². The van der Waals surface area contributed by atoms with Gasteiger partial charge in [0.25, 0.3) is 0 Å². The van der Waals surface area contributed by atoms with Crippen molar-refractivity contribution < 1.29 is 8.42 Å². The Bertz CT molecular complexity index is 335. The Kier molecular flexibility index (Phi) is 6.04. The van der Waals surface area contributed by atoms with Crippen molar-refractivity contribution in [1.82, 2.24) is 14.9 Å². The molecule has 1 heterocycles. The van der Waals surface area contributed by atoms with Crippen LogP contribution < -0.4 is 10.0 Å². The van der Waals surface area contributed by atoms with Crippen LogP contribution in [0.25, 0.3) is 0 Å². The molecule has 18 heavy (non-hydrogen) atoms. The molecule has 0 amide bonds. The molecule has 0 radical (unpaired) electrons. The molecule has 2 unspecified atom stereocenters. The zero-order valence-corrected chi connectivity index (χ0v) is 12.8. The zero-order chi connectivity index (χ0) is 13.8. The van der Waals surface area contributed by atoms with Gasteiger partial charge < -0.3 is 10.2 Å². The predicted molar refractivity (Wildman–Crippen MR) is 75.1 cm³/mol. The van der Waals surface area contributed by atoms with Gasteiger partial charge in [0, 0.05) is 18.6 Å². The molecule has 0 aromatic rings. The number of hydrogen-bond donors (Lipinski definition) is 2. The summed E-state index contributed by atoms with van der Waals surface area (Å²) >= 11 is 0. The van der Waals surface area contributed by atoms with Gasteiger partial charge in [0.1, 0.15) is 0 Å². The molecule has 0 bridgehead atoms. The lowest BCUT2D eigenvalue weighted by molar-refractivity contribution is 0.314. The third-order valence-corrected chi connectivity index (χ3v) is 4.78. The van der Waals surface area contributed by atoms with Crippen molar-refractivity contribution in [2.45, 2.75) is 38.8 Å².